The fourth-order valence-electron chi connectivity index (χ4n) is 2.02. The second kappa shape index (κ2) is 7.98. The minimum Gasteiger partial charge on any atom is -0.497 e. The van der Waals surface area contributed by atoms with Crippen LogP contribution < -0.4 is 15.4 Å². The van der Waals surface area contributed by atoms with E-state index in [0.29, 0.717) is 18.0 Å². The number of hydrogen-bond donors (Lipinski definition) is 2. The Hall–Kier alpha value is -2.82. The molecule has 0 atom stereocenters. The zero-order valence-corrected chi connectivity index (χ0v) is 13.3. The molecule has 2 amide bonds. The van der Waals surface area contributed by atoms with Crippen molar-refractivity contribution in [3.63, 3.8) is 0 Å². The number of carbonyl (C=O) groups is 2. The monoisotopic (exact) mass is 312 g/mol. The third-order valence-electron chi connectivity index (χ3n) is 3.28. The molecule has 0 aromatic heterocycles. The molecule has 5 heteroatoms. The SMILES string of the molecule is COc1cccc(NC(=O)CC(=O)NCc2ccc(C)cc2)c1. The molecule has 0 radical (unpaired) electrons. The topological polar surface area (TPSA) is 67.4 Å². The smallest absolute Gasteiger partial charge is 0.233 e. The molecule has 0 fully saturated rings. The Labute approximate surface area is 135 Å². The molecule has 0 heterocycles. The van der Waals surface area contributed by atoms with Crippen LogP contribution >= 0.6 is 0 Å². The van der Waals surface area contributed by atoms with Crippen molar-refractivity contribution < 1.29 is 14.3 Å². The molecule has 5 nitrogen and oxygen atoms in total. The van der Waals surface area contributed by atoms with E-state index < -0.39 is 0 Å². The minimum atomic E-state index is -0.361. The van der Waals surface area contributed by atoms with Crippen molar-refractivity contribution in [3.05, 3.63) is 59.7 Å². The second-order valence-electron chi connectivity index (χ2n) is 5.22. The number of hydrogen-bond acceptors (Lipinski definition) is 3. The predicted molar refractivity (Wildman–Crippen MR) is 89.3 cm³/mol. The highest BCUT2D eigenvalue weighted by atomic mass is 16.5. The zero-order valence-electron chi connectivity index (χ0n) is 13.3. The van der Waals surface area contributed by atoms with Gasteiger partial charge in [-0.2, -0.15) is 0 Å². The van der Waals surface area contributed by atoms with Gasteiger partial charge in [-0.3, -0.25) is 9.59 Å². The van der Waals surface area contributed by atoms with Crippen LogP contribution in [0.5, 0.6) is 5.75 Å². The van der Waals surface area contributed by atoms with Crippen LogP contribution in [0.4, 0.5) is 5.69 Å². The molecule has 0 unspecified atom stereocenters. The summed E-state index contributed by atoms with van der Waals surface area (Å²) in [5.41, 5.74) is 2.76. The van der Waals surface area contributed by atoms with E-state index in [2.05, 4.69) is 10.6 Å². The largest absolute Gasteiger partial charge is 0.497 e. The summed E-state index contributed by atoms with van der Waals surface area (Å²) >= 11 is 0. The summed E-state index contributed by atoms with van der Waals surface area (Å²) in [6.45, 7) is 2.41. The number of methoxy groups -OCH3 is 1. The van der Waals surface area contributed by atoms with Gasteiger partial charge in [0.25, 0.3) is 0 Å². The van der Waals surface area contributed by atoms with Crippen LogP contribution in [-0.2, 0) is 16.1 Å². The number of nitrogens with one attached hydrogen (secondary N) is 2. The first-order valence-electron chi connectivity index (χ1n) is 7.33. The third-order valence-corrected chi connectivity index (χ3v) is 3.28. The molecule has 0 saturated heterocycles. The highest BCUT2D eigenvalue weighted by Crippen LogP contribution is 2.16. The highest BCUT2D eigenvalue weighted by molar-refractivity contribution is 6.03. The summed E-state index contributed by atoms with van der Waals surface area (Å²) in [6, 6.07) is 14.9. The Bertz CT molecular complexity index is 681. The van der Waals surface area contributed by atoms with E-state index in [1.807, 2.05) is 31.2 Å². The lowest BCUT2D eigenvalue weighted by Gasteiger charge is -2.08. The van der Waals surface area contributed by atoms with Crippen molar-refractivity contribution in [2.45, 2.75) is 19.9 Å². The highest BCUT2D eigenvalue weighted by Gasteiger charge is 2.09. The van der Waals surface area contributed by atoms with Crippen molar-refractivity contribution in [1.29, 1.82) is 0 Å². The Morgan fingerprint density at radius 1 is 1.04 bits per heavy atom. The molecule has 0 spiro atoms. The molecule has 120 valence electrons. The van der Waals surface area contributed by atoms with E-state index >= 15 is 0 Å². The molecule has 0 saturated carbocycles. The van der Waals surface area contributed by atoms with Gasteiger partial charge in [-0.25, -0.2) is 0 Å². The first-order valence-corrected chi connectivity index (χ1v) is 7.33. The Kier molecular flexibility index (Phi) is 5.74. The number of ether oxygens (including phenoxy) is 1. The Balaban J connectivity index is 1.80. The summed E-state index contributed by atoms with van der Waals surface area (Å²) in [6.07, 6.45) is -0.219. The van der Waals surface area contributed by atoms with E-state index in [1.165, 1.54) is 0 Å². The third kappa shape index (κ3) is 5.47. The van der Waals surface area contributed by atoms with E-state index in [1.54, 1.807) is 31.4 Å². The van der Waals surface area contributed by atoms with Gasteiger partial charge in [0.2, 0.25) is 11.8 Å². The fraction of sp³-hybridized carbons (Fsp3) is 0.222. The molecular weight excluding hydrogens is 292 g/mol. The minimum absolute atomic E-state index is 0.219. The summed E-state index contributed by atoms with van der Waals surface area (Å²) in [7, 11) is 1.56. The van der Waals surface area contributed by atoms with Crippen LogP contribution in [0.15, 0.2) is 48.5 Å². The number of rotatable bonds is 6. The predicted octanol–water partition coefficient (Wildman–Crippen LogP) is 2.65. The molecular formula is C18H20N2O3. The zero-order chi connectivity index (χ0) is 16.7. The van der Waals surface area contributed by atoms with Gasteiger partial charge in [-0.1, -0.05) is 35.9 Å². The summed E-state index contributed by atoms with van der Waals surface area (Å²) in [5, 5.41) is 5.41. The Morgan fingerprint density at radius 2 is 1.78 bits per heavy atom. The molecule has 2 aromatic rings. The van der Waals surface area contributed by atoms with Crippen molar-refractivity contribution in [3.8, 4) is 5.75 Å². The lowest BCUT2D eigenvalue weighted by atomic mass is 10.1. The van der Waals surface area contributed by atoms with Crippen molar-refractivity contribution >= 4 is 17.5 Å². The van der Waals surface area contributed by atoms with Gasteiger partial charge < -0.3 is 15.4 Å². The molecule has 2 aromatic carbocycles. The maximum Gasteiger partial charge on any atom is 0.233 e. The van der Waals surface area contributed by atoms with E-state index in [-0.39, 0.29) is 18.2 Å². The van der Waals surface area contributed by atoms with Crippen LogP contribution in [0.1, 0.15) is 17.5 Å². The molecule has 2 rings (SSSR count). The molecule has 0 aliphatic carbocycles. The first kappa shape index (κ1) is 16.5. The fourth-order valence-corrected chi connectivity index (χ4v) is 2.02. The number of anilines is 1. The maximum absolute atomic E-state index is 11.9. The number of carbonyl (C=O) groups excluding carboxylic acids is 2. The van der Waals surface area contributed by atoms with Crippen LogP contribution in [0.3, 0.4) is 0 Å². The van der Waals surface area contributed by atoms with Gasteiger partial charge in [0.1, 0.15) is 12.2 Å². The number of aryl methyl sites for hydroxylation is 1. The standard InChI is InChI=1S/C18H20N2O3/c1-13-6-8-14(9-7-13)12-19-17(21)11-18(22)20-15-4-3-5-16(10-15)23-2/h3-10H,11-12H2,1-2H3,(H,19,21)(H,20,22). The summed E-state index contributed by atoms with van der Waals surface area (Å²) < 4.78 is 5.08. The number of benzene rings is 2. The van der Waals surface area contributed by atoms with Gasteiger partial charge in [0.05, 0.1) is 7.11 Å². The normalized spacial score (nSPS) is 10.0. The first-order chi connectivity index (χ1) is 11.1. The van der Waals surface area contributed by atoms with Crippen molar-refractivity contribution in [2.75, 3.05) is 12.4 Å². The average Bonchev–Trinajstić information content (AvgIpc) is 2.54. The average molecular weight is 312 g/mol. The lowest BCUT2D eigenvalue weighted by molar-refractivity contribution is -0.126. The molecule has 0 bridgehead atoms. The van der Waals surface area contributed by atoms with E-state index in [9.17, 15) is 9.59 Å². The molecule has 2 N–H and O–H groups in total. The molecule has 0 aliphatic rings. The summed E-state index contributed by atoms with van der Waals surface area (Å²) in [5.74, 6) is -0.0303. The van der Waals surface area contributed by atoms with Crippen LogP contribution in [-0.4, -0.2) is 18.9 Å². The maximum atomic E-state index is 11.9. The lowest BCUT2D eigenvalue weighted by Crippen LogP contribution is -2.27. The van der Waals surface area contributed by atoms with Gasteiger partial charge in [-0.05, 0) is 24.6 Å². The van der Waals surface area contributed by atoms with Gasteiger partial charge in [0.15, 0.2) is 0 Å². The van der Waals surface area contributed by atoms with Crippen molar-refractivity contribution in [2.24, 2.45) is 0 Å². The van der Waals surface area contributed by atoms with Crippen LogP contribution in [0.25, 0.3) is 0 Å². The van der Waals surface area contributed by atoms with E-state index in [0.717, 1.165) is 11.1 Å². The van der Waals surface area contributed by atoms with Gasteiger partial charge in [0, 0.05) is 18.3 Å². The van der Waals surface area contributed by atoms with Crippen LogP contribution in [0, 0.1) is 6.92 Å². The summed E-state index contributed by atoms with van der Waals surface area (Å²) in [4.78, 5) is 23.7. The van der Waals surface area contributed by atoms with Gasteiger partial charge >= 0.3 is 0 Å². The van der Waals surface area contributed by atoms with Crippen molar-refractivity contribution in [1.82, 2.24) is 5.32 Å². The molecule has 23 heavy (non-hydrogen) atoms. The van der Waals surface area contributed by atoms with Crippen LogP contribution in [0.2, 0.25) is 0 Å². The number of amides is 2. The second-order valence-corrected chi connectivity index (χ2v) is 5.22. The van der Waals surface area contributed by atoms with E-state index in [4.69, 9.17) is 4.74 Å². The molecule has 0 aliphatic heterocycles. The van der Waals surface area contributed by atoms with Gasteiger partial charge in [-0.15, -0.1) is 0 Å². The quantitative estimate of drug-likeness (QED) is 0.806. The Morgan fingerprint density at radius 3 is 2.48 bits per heavy atom.